The predicted molar refractivity (Wildman–Crippen MR) is 99.9 cm³/mol. The molecule has 2 N–H and O–H groups in total. The molecule has 0 radical (unpaired) electrons. The predicted octanol–water partition coefficient (Wildman–Crippen LogP) is 4.74. The molecular weight excluding hydrogens is 338 g/mol. The smallest absolute Gasteiger partial charge is 0.255 e. The second-order valence-corrected chi connectivity index (χ2v) is 5.63. The Balaban J connectivity index is 1.68. The lowest BCUT2D eigenvalue weighted by molar-refractivity contribution is 0.102. The number of benzene rings is 2. The Morgan fingerprint density at radius 2 is 1.92 bits per heavy atom. The summed E-state index contributed by atoms with van der Waals surface area (Å²) in [7, 11) is 1.56. The van der Waals surface area contributed by atoms with Crippen molar-refractivity contribution in [1.29, 1.82) is 0 Å². The first-order valence-electron chi connectivity index (χ1n) is 7.59. The number of halogens is 1. The van der Waals surface area contributed by atoms with Crippen molar-refractivity contribution in [2.24, 2.45) is 0 Å². The number of nitrogens with zero attached hydrogens (tertiary/aromatic N) is 1. The maximum absolute atomic E-state index is 12.3. The lowest BCUT2D eigenvalue weighted by Crippen LogP contribution is -2.12. The van der Waals surface area contributed by atoms with Crippen LogP contribution in [0.4, 0.5) is 17.2 Å². The molecule has 2 aromatic carbocycles. The number of ether oxygens (including phenoxy) is 1. The summed E-state index contributed by atoms with van der Waals surface area (Å²) in [6.45, 7) is 0. The van der Waals surface area contributed by atoms with Gasteiger partial charge in [-0.15, -0.1) is 0 Å². The third kappa shape index (κ3) is 4.28. The fraction of sp³-hybridized carbons (Fsp3) is 0.0526. The van der Waals surface area contributed by atoms with E-state index in [0.717, 1.165) is 5.69 Å². The van der Waals surface area contributed by atoms with Crippen molar-refractivity contribution in [3.8, 4) is 5.75 Å². The summed E-state index contributed by atoms with van der Waals surface area (Å²) in [4.78, 5) is 16.6. The number of hydrogen-bond donors (Lipinski definition) is 2. The highest BCUT2D eigenvalue weighted by molar-refractivity contribution is 6.33. The molecule has 0 aliphatic rings. The van der Waals surface area contributed by atoms with Gasteiger partial charge in [-0.2, -0.15) is 0 Å². The van der Waals surface area contributed by atoms with Crippen LogP contribution in [0.25, 0.3) is 0 Å². The van der Waals surface area contributed by atoms with E-state index >= 15 is 0 Å². The summed E-state index contributed by atoms with van der Waals surface area (Å²) < 4.78 is 5.13. The number of rotatable bonds is 5. The quantitative estimate of drug-likeness (QED) is 0.695. The number of amides is 1. The summed E-state index contributed by atoms with van der Waals surface area (Å²) in [6, 6.07) is 17.9. The number of carbonyl (C=O) groups is 1. The van der Waals surface area contributed by atoms with Crippen LogP contribution >= 0.6 is 11.6 Å². The molecule has 6 heteroatoms. The zero-order valence-electron chi connectivity index (χ0n) is 13.5. The van der Waals surface area contributed by atoms with Crippen molar-refractivity contribution in [2.45, 2.75) is 0 Å². The minimum absolute atomic E-state index is 0.229. The van der Waals surface area contributed by atoms with E-state index in [-0.39, 0.29) is 5.91 Å². The Morgan fingerprint density at radius 3 is 2.64 bits per heavy atom. The van der Waals surface area contributed by atoms with Crippen molar-refractivity contribution in [3.05, 3.63) is 77.4 Å². The molecular formula is C19H16ClN3O2. The Hall–Kier alpha value is -3.05. The van der Waals surface area contributed by atoms with E-state index in [0.29, 0.717) is 27.8 Å². The molecule has 0 spiro atoms. The van der Waals surface area contributed by atoms with Crippen LogP contribution in [0.15, 0.2) is 66.9 Å². The number of carbonyl (C=O) groups excluding carboxylic acids is 1. The maximum atomic E-state index is 12.3. The minimum Gasteiger partial charge on any atom is -0.497 e. The molecule has 0 atom stereocenters. The van der Waals surface area contributed by atoms with E-state index < -0.39 is 0 Å². The molecule has 1 heterocycles. The van der Waals surface area contributed by atoms with Crippen molar-refractivity contribution >= 4 is 34.7 Å². The normalized spacial score (nSPS) is 10.2. The van der Waals surface area contributed by atoms with Crippen molar-refractivity contribution < 1.29 is 9.53 Å². The van der Waals surface area contributed by atoms with E-state index in [9.17, 15) is 4.79 Å². The first-order chi connectivity index (χ1) is 12.2. The van der Waals surface area contributed by atoms with Gasteiger partial charge in [0.15, 0.2) is 0 Å². The fourth-order valence-electron chi connectivity index (χ4n) is 2.21. The third-order valence-corrected chi connectivity index (χ3v) is 3.82. The van der Waals surface area contributed by atoms with Gasteiger partial charge in [-0.3, -0.25) is 4.79 Å². The van der Waals surface area contributed by atoms with Crippen LogP contribution in [0.2, 0.25) is 5.02 Å². The van der Waals surface area contributed by atoms with Crippen LogP contribution in [-0.4, -0.2) is 18.0 Å². The van der Waals surface area contributed by atoms with Gasteiger partial charge in [-0.1, -0.05) is 29.8 Å². The Morgan fingerprint density at radius 1 is 1.08 bits per heavy atom. The number of pyridine rings is 1. The molecule has 0 saturated heterocycles. The second kappa shape index (κ2) is 7.68. The van der Waals surface area contributed by atoms with Gasteiger partial charge in [0, 0.05) is 5.56 Å². The molecule has 0 aliphatic carbocycles. The standard InChI is InChI=1S/C19H16ClN3O2/c1-25-15-6-4-5-13(11-15)19(24)22-14-9-10-18(21-12-14)23-17-8-3-2-7-16(17)20/h2-12H,1H3,(H,21,23)(H,22,24). The highest BCUT2D eigenvalue weighted by Gasteiger charge is 2.08. The minimum atomic E-state index is -0.229. The Kier molecular flexibility index (Phi) is 5.16. The lowest BCUT2D eigenvalue weighted by atomic mass is 10.2. The van der Waals surface area contributed by atoms with E-state index in [2.05, 4.69) is 15.6 Å². The number of para-hydroxylation sites is 1. The van der Waals surface area contributed by atoms with Crippen LogP contribution in [0.1, 0.15) is 10.4 Å². The van der Waals surface area contributed by atoms with Crippen LogP contribution in [-0.2, 0) is 0 Å². The van der Waals surface area contributed by atoms with E-state index in [4.69, 9.17) is 16.3 Å². The summed E-state index contributed by atoms with van der Waals surface area (Å²) in [5, 5.41) is 6.54. The number of methoxy groups -OCH3 is 1. The average molecular weight is 354 g/mol. The SMILES string of the molecule is COc1cccc(C(=O)Nc2ccc(Nc3ccccc3Cl)nc2)c1. The third-order valence-electron chi connectivity index (χ3n) is 3.49. The highest BCUT2D eigenvalue weighted by Crippen LogP contribution is 2.24. The zero-order chi connectivity index (χ0) is 17.6. The first-order valence-corrected chi connectivity index (χ1v) is 7.96. The van der Waals surface area contributed by atoms with E-state index in [1.54, 1.807) is 55.8 Å². The van der Waals surface area contributed by atoms with Crippen molar-refractivity contribution in [3.63, 3.8) is 0 Å². The van der Waals surface area contributed by atoms with Gasteiger partial charge < -0.3 is 15.4 Å². The van der Waals surface area contributed by atoms with E-state index in [1.165, 1.54) is 0 Å². The molecule has 0 saturated carbocycles. The number of aromatic nitrogens is 1. The average Bonchev–Trinajstić information content (AvgIpc) is 2.65. The van der Waals surface area contributed by atoms with Crippen LogP contribution in [0.3, 0.4) is 0 Å². The molecule has 1 amide bonds. The van der Waals surface area contributed by atoms with Gasteiger partial charge >= 0.3 is 0 Å². The lowest BCUT2D eigenvalue weighted by Gasteiger charge is -2.09. The van der Waals surface area contributed by atoms with E-state index in [1.807, 2.05) is 18.2 Å². The number of nitrogens with one attached hydrogen (secondary N) is 2. The van der Waals surface area contributed by atoms with Gasteiger partial charge in [0.05, 0.1) is 29.7 Å². The van der Waals surface area contributed by atoms with Crippen LogP contribution in [0, 0.1) is 0 Å². The van der Waals surface area contributed by atoms with Crippen LogP contribution < -0.4 is 15.4 Å². The molecule has 0 fully saturated rings. The molecule has 0 unspecified atom stereocenters. The summed E-state index contributed by atoms with van der Waals surface area (Å²) in [6.07, 6.45) is 1.58. The molecule has 5 nitrogen and oxygen atoms in total. The number of hydrogen-bond acceptors (Lipinski definition) is 4. The summed E-state index contributed by atoms with van der Waals surface area (Å²) in [5.41, 5.74) is 1.87. The molecule has 3 aromatic rings. The molecule has 0 aliphatic heterocycles. The maximum Gasteiger partial charge on any atom is 0.255 e. The molecule has 25 heavy (non-hydrogen) atoms. The summed E-state index contributed by atoms with van der Waals surface area (Å²) in [5.74, 6) is 1.03. The topological polar surface area (TPSA) is 63.2 Å². The van der Waals surface area contributed by atoms with Crippen molar-refractivity contribution in [2.75, 3.05) is 17.7 Å². The largest absolute Gasteiger partial charge is 0.497 e. The van der Waals surface area contributed by atoms with Gasteiger partial charge in [-0.05, 0) is 42.5 Å². The second-order valence-electron chi connectivity index (χ2n) is 5.22. The summed E-state index contributed by atoms with van der Waals surface area (Å²) >= 11 is 6.11. The van der Waals surface area contributed by atoms with Gasteiger partial charge in [-0.25, -0.2) is 4.98 Å². The Labute approximate surface area is 150 Å². The number of anilines is 3. The fourth-order valence-corrected chi connectivity index (χ4v) is 2.39. The van der Waals surface area contributed by atoms with Gasteiger partial charge in [0.25, 0.3) is 5.91 Å². The monoisotopic (exact) mass is 353 g/mol. The molecule has 1 aromatic heterocycles. The molecule has 0 bridgehead atoms. The van der Waals surface area contributed by atoms with Gasteiger partial charge in [0.2, 0.25) is 0 Å². The molecule has 3 rings (SSSR count). The zero-order valence-corrected chi connectivity index (χ0v) is 14.2. The Bertz CT molecular complexity index is 882. The first kappa shape index (κ1) is 16.8. The van der Waals surface area contributed by atoms with Crippen LogP contribution in [0.5, 0.6) is 5.75 Å². The highest BCUT2D eigenvalue weighted by atomic mass is 35.5. The molecule has 126 valence electrons. The van der Waals surface area contributed by atoms with Crippen molar-refractivity contribution in [1.82, 2.24) is 4.98 Å². The van der Waals surface area contributed by atoms with Gasteiger partial charge in [0.1, 0.15) is 11.6 Å².